The van der Waals surface area contributed by atoms with Crippen LogP contribution in [0.4, 0.5) is 5.69 Å². The smallest absolute Gasteiger partial charge is 0.338 e. The topological polar surface area (TPSA) is 108 Å². The van der Waals surface area contributed by atoms with Crippen molar-refractivity contribution in [2.75, 3.05) is 11.9 Å². The Kier molecular flexibility index (Phi) is 6.97. The zero-order valence-corrected chi connectivity index (χ0v) is 16.9. The predicted molar refractivity (Wildman–Crippen MR) is 116 cm³/mol. The number of amides is 2. The molecule has 7 nitrogen and oxygen atoms in total. The lowest BCUT2D eigenvalue weighted by molar-refractivity contribution is -0.124. The van der Waals surface area contributed by atoms with Gasteiger partial charge in [-0.15, -0.1) is 0 Å². The van der Waals surface area contributed by atoms with Crippen LogP contribution in [0.25, 0.3) is 10.8 Å². The third kappa shape index (κ3) is 5.67. The van der Waals surface area contributed by atoms with Crippen molar-refractivity contribution in [1.29, 1.82) is 5.26 Å². The molecule has 0 aromatic heterocycles. The van der Waals surface area contributed by atoms with Crippen LogP contribution < -0.4 is 10.6 Å². The molecule has 156 valence electrons. The van der Waals surface area contributed by atoms with Crippen LogP contribution in [0.1, 0.15) is 35.3 Å². The fourth-order valence-corrected chi connectivity index (χ4v) is 3.17. The lowest BCUT2D eigenvalue weighted by atomic mass is 10.00. The summed E-state index contributed by atoms with van der Waals surface area (Å²) in [6.07, 6.45) is -0.254. The van der Waals surface area contributed by atoms with Gasteiger partial charge in [-0.2, -0.15) is 5.26 Å². The average Bonchev–Trinajstić information content (AvgIpc) is 2.77. The normalized spacial score (nSPS) is 11.2. The van der Waals surface area contributed by atoms with E-state index in [9.17, 15) is 14.4 Å². The van der Waals surface area contributed by atoms with E-state index in [-0.39, 0.29) is 18.0 Å². The molecule has 3 aromatic carbocycles. The van der Waals surface area contributed by atoms with Gasteiger partial charge in [-0.3, -0.25) is 9.59 Å². The van der Waals surface area contributed by atoms with E-state index < -0.39 is 24.4 Å². The summed E-state index contributed by atoms with van der Waals surface area (Å²) in [4.78, 5) is 35.9. The Labute approximate surface area is 179 Å². The first kappa shape index (κ1) is 21.5. The zero-order chi connectivity index (χ0) is 22.2. The third-order valence-corrected chi connectivity index (χ3v) is 4.65. The monoisotopic (exact) mass is 415 g/mol. The number of carbonyl (C=O) groups is 3. The van der Waals surface area contributed by atoms with Crippen LogP contribution in [0.5, 0.6) is 0 Å². The fourth-order valence-electron chi connectivity index (χ4n) is 3.17. The largest absolute Gasteiger partial charge is 0.452 e. The Morgan fingerprint density at radius 1 is 0.968 bits per heavy atom. The SMILES string of the molecule is C[C@H](NC(=O)COC(=O)c1ccc(NC(=O)CC#N)cc1)c1cccc2ccccc12. The Morgan fingerprint density at radius 3 is 2.42 bits per heavy atom. The quantitative estimate of drug-likeness (QED) is 0.572. The van der Waals surface area contributed by atoms with Gasteiger partial charge in [0, 0.05) is 5.69 Å². The number of ether oxygens (including phenoxy) is 1. The first-order valence-corrected chi connectivity index (χ1v) is 9.69. The van der Waals surface area contributed by atoms with E-state index in [4.69, 9.17) is 10.00 Å². The fraction of sp³-hybridized carbons (Fsp3) is 0.167. The van der Waals surface area contributed by atoms with Gasteiger partial charge < -0.3 is 15.4 Å². The Hall–Kier alpha value is -4.18. The van der Waals surface area contributed by atoms with Gasteiger partial charge in [0.05, 0.1) is 17.7 Å². The molecular formula is C24H21N3O4. The van der Waals surface area contributed by atoms with Gasteiger partial charge in [0.25, 0.3) is 5.91 Å². The van der Waals surface area contributed by atoms with Crippen LogP contribution in [0, 0.1) is 11.3 Å². The molecule has 31 heavy (non-hydrogen) atoms. The average molecular weight is 415 g/mol. The molecule has 0 aliphatic carbocycles. The second-order valence-electron chi connectivity index (χ2n) is 6.89. The summed E-state index contributed by atoms with van der Waals surface area (Å²) in [7, 11) is 0. The molecule has 7 heteroatoms. The number of hydrogen-bond acceptors (Lipinski definition) is 5. The summed E-state index contributed by atoms with van der Waals surface area (Å²) in [5.41, 5.74) is 1.68. The minimum atomic E-state index is -0.650. The zero-order valence-electron chi connectivity index (χ0n) is 16.9. The van der Waals surface area contributed by atoms with Crippen LogP contribution in [0.3, 0.4) is 0 Å². The van der Waals surface area contributed by atoms with E-state index in [1.54, 1.807) is 6.07 Å². The highest BCUT2D eigenvalue weighted by Crippen LogP contribution is 2.24. The van der Waals surface area contributed by atoms with Crippen LogP contribution in [-0.2, 0) is 14.3 Å². The van der Waals surface area contributed by atoms with Gasteiger partial charge in [0.15, 0.2) is 6.61 Å². The maximum Gasteiger partial charge on any atom is 0.338 e. The molecule has 0 spiro atoms. The lowest BCUT2D eigenvalue weighted by Gasteiger charge is -2.16. The number of carbonyl (C=O) groups excluding carboxylic acids is 3. The van der Waals surface area contributed by atoms with Gasteiger partial charge in [0.1, 0.15) is 6.42 Å². The number of nitrogens with zero attached hydrogens (tertiary/aromatic N) is 1. The lowest BCUT2D eigenvalue weighted by Crippen LogP contribution is -2.31. The molecular weight excluding hydrogens is 394 g/mol. The molecule has 0 fully saturated rings. The van der Waals surface area contributed by atoms with Gasteiger partial charge in [-0.05, 0) is 47.5 Å². The molecule has 0 aliphatic heterocycles. The third-order valence-electron chi connectivity index (χ3n) is 4.65. The van der Waals surface area contributed by atoms with Crippen LogP contribution in [0.15, 0.2) is 66.7 Å². The van der Waals surface area contributed by atoms with Gasteiger partial charge >= 0.3 is 5.97 Å². The van der Waals surface area contributed by atoms with E-state index in [0.717, 1.165) is 16.3 Å². The summed E-state index contributed by atoms with van der Waals surface area (Å²) in [5, 5.41) is 16.0. The molecule has 3 aromatic rings. The van der Waals surface area contributed by atoms with Crippen LogP contribution in [-0.4, -0.2) is 24.4 Å². The van der Waals surface area contributed by atoms with Crippen molar-refractivity contribution in [2.45, 2.75) is 19.4 Å². The van der Waals surface area contributed by atoms with E-state index in [1.807, 2.05) is 49.4 Å². The van der Waals surface area contributed by atoms with Gasteiger partial charge in [0.2, 0.25) is 5.91 Å². The molecule has 2 N–H and O–H groups in total. The molecule has 0 aliphatic rings. The standard InChI is InChI=1S/C24H21N3O4/c1-16(20-8-4-6-17-5-2-3-7-21(17)20)26-23(29)15-31-24(30)18-9-11-19(12-10-18)27-22(28)13-14-25/h2-12,16H,13,15H2,1H3,(H,26,29)(H,27,28)/t16-/m0/s1. The number of nitrogens with one attached hydrogen (secondary N) is 2. The molecule has 1 atom stereocenters. The number of nitriles is 1. The minimum absolute atomic E-state index is 0.244. The van der Waals surface area contributed by atoms with E-state index >= 15 is 0 Å². The highest BCUT2D eigenvalue weighted by molar-refractivity contribution is 5.94. The summed E-state index contributed by atoms with van der Waals surface area (Å²) in [5.74, 6) is -1.49. The molecule has 0 saturated heterocycles. The van der Waals surface area contributed by atoms with Crippen molar-refractivity contribution in [3.63, 3.8) is 0 Å². The van der Waals surface area contributed by atoms with E-state index in [0.29, 0.717) is 5.69 Å². The maximum atomic E-state index is 12.3. The van der Waals surface area contributed by atoms with E-state index in [1.165, 1.54) is 24.3 Å². The minimum Gasteiger partial charge on any atom is -0.452 e. The Bertz CT molecular complexity index is 1140. The Balaban J connectivity index is 1.53. The number of esters is 1. The summed E-state index contributed by atoms with van der Waals surface area (Å²) in [6, 6.07) is 21.3. The molecule has 0 bridgehead atoms. The molecule has 0 heterocycles. The number of fused-ring (bicyclic) bond motifs is 1. The molecule has 0 saturated carbocycles. The van der Waals surface area contributed by atoms with Crippen molar-refractivity contribution < 1.29 is 19.1 Å². The second-order valence-corrected chi connectivity index (χ2v) is 6.89. The summed E-state index contributed by atoms with van der Waals surface area (Å²) in [6.45, 7) is 1.47. The van der Waals surface area contributed by atoms with Crippen molar-refractivity contribution in [1.82, 2.24) is 5.32 Å². The Morgan fingerprint density at radius 2 is 1.68 bits per heavy atom. The van der Waals surface area contributed by atoms with Crippen LogP contribution >= 0.6 is 0 Å². The summed E-state index contributed by atoms with van der Waals surface area (Å²) >= 11 is 0. The predicted octanol–water partition coefficient (Wildman–Crippen LogP) is 3.73. The van der Waals surface area contributed by atoms with Crippen molar-refractivity contribution >= 4 is 34.2 Å². The summed E-state index contributed by atoms with van der Waals surface area (Å²) < 4.78 is 5.09. The van der Waals surface area contributed by atoms with Crippen molar-refractivity contribution in [2.24, 2.45) is 0 Å². The highest BCUT2D eigenvalue weighted by atomic mass is 16.5. The van der Waals surface area contributed by atoms with Gasteiger partial charge in [-0.25, -0.2) is 4.79 Å². The van der Waals surface area contributed by atoms with Gasteiger partial charge in [-0.1, -0.05) is 42.5 Å². The number of hydrogen-bond donors (Lipinski definition) is 2. The highest BCUT2D eigenvalue weighted by Gasteiger charge is 2.15. The first-order valence-electron chi connectivity index (χ1n) is 9.69. The van der Waals surface area contributed by atoms with E-state index in [2.05, 4.69) is 10.6 Å². The number of anilines is 1. The molecule has 0 unspecified atom stereocenters. The molecule has 2 amide bonds. The number of benzene rings is 3. The first-order chi connectivity index (χ1) is 15.0. The van der Waals surface area contributed by atoms with Crippen molar-refractivity contribution in [3.8, 4) is 6.07 Å². The number of rotatable bonds is 7. The van der Waals surface area contributed by atoms with Crippen LogP contribution in [0.2, 0.25) is 0 Å². The molecule has 3 rings (SSSR count). The second kappa shape index (κ2) is 10.0. The van der Waals surface area contributed by atoms with Crippen molar-refractivity contribution in [3.05, 3.63) is 77.9 Å². The molecule has 0 radical (unpaired) electrons. The maximum absolute atomic E-state index is 12.3.